The van der Waals surface area contributed by atoms with Gasteiger partial charge in [-0.15, -0.1) is 0 Å². The van der Waals surface area contributed by atoms with Gasteiger partial charge in [0.05, 0.1) is 5.56 Å². The van der Waals surface area contributed by atoms with E-state index in [-0.39, 0.29) is 11.9 Å². The Bertz CT molecular complexity index is 708. The van der Waals surface area contributed by atoms with Crippen LogP contribution in [0.5, 0.6) is 0 Å². The maximum absolute atomic E-state index is 12.8. The quantitative estimate of drug-likeness (QED) is 0.785. The molecule has 3 rings (SSSR count). The van der Waals surface area contributed by atoms with Gasteiger partial charge < -0.3 is 16.0 Å². The Morgan fingerprint density at radius 1 is 1.16 bits per heavy atom. The summed E-state index contributed by atoms with van der Waals surface area (Å²) in [5, 5.41) is 3.51. The van der Waals surface area contributed by atoms with Crippen molar-refractivity contribution in [2.24, 2.45) is 0 Å². The molecule has 0 bridgehead atoms. The van der Waals surface area contributed by atoms with Gasteiger partial charge in [-0.3, -0.25) is 4.79 Å². The largest absolute Gasteiger partial charge is 0.399 e. The molecule has 1 saturated heterocycles. The highest BCUT2D eigenvalue weighted by molar-refractivity contribution is 6.00. The molecule has 132 valence electrons. The van der Waals surface area contributed by atoms with Crippen molar-refractivity contribution in [1.29, 1.82) is 0 Å². The summed E-state index contributed by atoms with van der Waals surface area (Å²) in [6.07, 6.45) is 4.19. The van der Waals surface area contributed by atoms with E-state index in [9.17, 15) is 4.79 Å². The molecule has 4 nitrogen and oxygen atoms in total. The fourth-order valence-corrected chi connectivity index (χ4v) is 3.32. The Hall–Kier alpha value is -2.49. The summed E-state index contributed by atoms with van der Waals surface area (Å²) in [7, 11) is 0. The highest BCUT2D eigenvalue weighted by Crippen LogP contribution is 2.24. The number of nitrogens with two attached hydrogens (primary N) is 1. The number of amides is 1. The van der Waals surface area contributed by atoms with Crippen LogP contribution >= 0.6 is 0 Å². The van der Waals surface area contributed by atoms with Crippen molar-refractivity contribution in [1.82, 2.24) is 4.90 Å². The van der Waals surface area contributed by atoms with Crippen molar-refractivity contribution >= 4 is 17.3 Å². The molecule has 1 amide bonds. The molecule has 0 aliphatic carbocycles. The second-order valence-electron chi connectivity index (χ2n) is 6.87. The Morgan fingerprint density at radius 3 is 2.60 bits per heavy atom. The number of carbonyl (C=O) groups is 1. The van der Waals surface area contributed by atoms with Crippen molar-refractivity contribution in [2.45, 2.75) is 38.6 Å². The summed E-state index contributed by atoms with van der Waals surface area (Å²) in [5.41, 5.74) is 9.47. The van der Waals surface area contributed by atoms with Gasteiger partial charge >= 0.3 is 0 Å². The Kier molecular flexibility index (Phi) is 5.59. The molecule has 0 radical (unpaired) electrons. The minimum Gasteiger partial charge on any atom is -0.399 e. The van der Waals surface area contributed by atoms with E-state index in [1.165, 1.54) is 5.56 Å². The number of nitrogens with one attached hydrogen (secondary N) is 1. The number of hydrogen-bond donors (Lipinski definition) is 2. The van der Waals surface area contributed by atoms with Gasteiger partial charge in [-0.05, 0) is 56.4 Å². The van der Waals surface area contributed by atoms with Gasteiger partial charge in [-0.1, -0.05) is 30.3 Å². The molecular formula is C21H27N3O. The Labute approximate surface area is 150 Å². The van der Waals surface area contributed by atoms with E-state index < -0.39 is 0 Å². The van der Waals surface area contributed by atoms with Crippen LogP contribution in [0.15, 0.2) is 48.5 Å². The lowest BCUT2D eigenvalue weighted by molar-refractivity contribution is 0.0794. The van der Waals surface area contributed by atoms with Crippen molar-refractivity contribution in [3.05, 3.63) is 59.7 Å². The molecule has 1 aliphatic rings. The summed E-state index contributed by atoms with van der Waals surface area (Å²) in [6.45, 7) is 3.84. The van der Waals surface area contributed by atoms with Gasteiger partial charge in [0, 0.05) is 30.5 Å². The number of hydrogen-bond acceptors (Lipinski definition) is 3. The maximum Gasteiger partial charge on any atom is 0.256 e. The summed E-state index contributed by atoms with van der Waals surface area (Å²) >= 11 is 0. The van der Waals surface area contributed by atoms with E-state index in [1.54, 1.807) is 6.07 Å². The smallest absolute Gasteiger partial charge is 0.256 e. The van der Waals surface area contributed by atoms with Gasteiger partial charge in [0.25, 0.3) is 5.91 Å². The number of aryl methyl sites for hydroxylation is 1. The van der Waals surface area contributed by atoms with Crippen LogP contribution in [0, 0.1) is 0 Å². The topological polar surface area (TPSA) is 58.4 Å². The van der Waals surface area contributed by atoms with Gasteiger partial charge in [0.15, 0.2) is 0 Å². The van der Waals surface area contributed by atoms with E-state index >= 15 is 0 Å². The molecule has 0 saturated carbocycles. The first-order chi connectivity index (χ1) is 12.1. The average Bonchev–Trinajstić information content (AvgIpc) is 3.16. The van der Waals surface area contributed by atoms with Crippen molar-refractivity contribution in [2.75, 3.05) is 24.1 Å². The fourth-order valence-electron chi connectivity index (χ4n) is 3.32. The molecule has 3 N–H and O–H groups in total. The van der Waals surface area contributed by atoms with Crippen LogP contribution in [0.1, 0.15) is 42.1 Å². The van der Waals surface area contributed by atoms with E-state index in [1.807, 2.05) is 23.1 Å². The molecule has 1 aliphatic heterocycles. The Morgan fingerprint density at radius 2 is 1.88 bits per heavy atom. The fraction of sp³-hybridized carbons (Fsp3) is 0.381. The summed E-state index contributed by atoms with van der Waals surface area (Å²) < 4.78 is 0. The monoisotopic (exact) mass is 337 g/mol. The molecule has 1 fully saturated rings. The van der Waals surface area contributed by atoms with E-state index in [0.717, 1.165) is 44.5 Å². The molecule has 2 aromatic rings. The first-order valence-corrected chi connectivity index (χ1v) is 9.13. The van der Waals surface area contributed by atoms with Crippen LogP contribution in [0.3, 0.4) is 0 Å². The molecule has 0 aromatic heterocycles. The lowest BCUT2D eigenvalue weighted by atomic mass is 10.0. The highest BCUT2D eigenvalue weighted by Gasteiger charge is 2.22. The standard InChI is InChI=1S/C21H27N3O/c1-16(9-10-17-7-3-2-4-8-17)23-20-12-11-18(22)15-19(20)21(25)24-13-5-6-14-24/h2-4,7-8,11-12,15-16,23H,5-6,9-10,13-14,22H2,1H3/t16-/m0/s1. The van der Waals surface area contributed by atoms with Crippen molar-refractivity contribution in [3.63, 3.8) is 0 Å². The third-order valence-electron chi connectivity index (χ3n) is 4.78. The normalized spacial score (nSPS) is 15.2. The number of carbonyl (C=O) groups excluding carboxylic acids is 1. The van der Waals surface area contributed by atoms with E-state index in [0.29, 0.717) is 11.3 Å². The van der Waals surface area contributed by atoms with E-state index in [4.69, 9.17) is 5.73 Å². The zero-order chi connectivity index (χ0) is 17.6. The molecule has 0 spiro atoms. The number of benzene rings is 2. The minimum absolute atomic E-state index is 0.0857. The molecule has 4 heteroatoms. The molecule has 1 atom stereocenters. The van der Waals surface area contributed by atoms with Gasteiger partial charge in [0.2, 0.25) is 0 Å². The molecule has 1 heterocycles. The van der Waals surface area contributed by atoms with Crippen LogP contribution in [-0.2, 0) is 6.42 Å². The third kappa shape index (κ3) is 4.53. The third-order valence-corrected chi connectivity index (χ3v) is 4.78. The summed E-state index contributed by atoms with van der Waals surface area (Å²) in [4.78, 5) is 14.7. The van der Waals surface area contributed by atoms with Crippen LogP contribution < -0.4 is 11.1 Å². The first-order valence-electron chi connectivity index (χ1n) is 9.13. The Balaban J connectivity index is 1.67. The van der Waals surface area contributed by atoms with Gasteiger partial charge in [0.1, 0.15) is 0 Å². The number of rotatable bonds is 6. The van der Waals surface area contributed by atoms with Gasteiger partial charge in [-0.2, -0.15) is 0 Å². The zero-order valence-electron chi connectivity index (χ0n) is 14.9. The first kappa shape index (κ1) is 17.3. The highest BCUT2D eigenvalue weighted by atomic mass is 16.2. The van der Waals surface area contributed by atoms with Crippen LogP contribution in [0.25, 0.3) is 0 Å². The minimum atomic E-state index is 0.0857. The SMILES string of the molecule is C[C@@H](CCc1ccccc1)Nc1ccc(N)cc1C(=O)N1CCCC1. The molecular weight excluding hydrogens is 310 g/mol. The second-order valence-corrected chi connectivity index (χ2v) is 6.87. The average molecular weight is 337 g/mol. The molecule has 0 unspecified atom stereocenters. The summed E-state index contributed by atoms with van der Waals surface area (Å²) in [6, 6.07) is 16.3. The predicted molar refractivity (Wildman–Crippen MR) is 104 cm³/mol. The van der Waals surface area contributed by atoms with Crippen LogP contribution in [0.4, 0.5) is 11.4 Å². The molecule has 2 aromatic carbocycles. The van der Waals surface area contributed by atoms with Crippen LogP contribution in [-0.4, -0.2) is 29.9 Å². The maximum atomic E-state index is 12.8. The lowest BCUT2D eigenvalue weighted by Crippen LogP contribution is -2.29. The van der Waals surface area contributed by atoms with Crippen molar-refractivity contribution in [3.8, 4) is 0 Å². The predicted octanol–water partition coefficient (Wildman–Crippen LogP) is 3.94. The van der Waals surface area contributed by atoms with E-state index in [2.05, 4.69) is 36.5 Å². The number of nitrogen functional groups attached to an aromatic ring is 1. The lowest BCUT2D eigenvalue weighted by Gasteiger charge is -2.21. The number of anilines is 2. The summed E-state index contributed by atoms with van der Waals surface area (Å²) in [5.74, 6) is 0.0857. The van der Waals surface area contributed by atoms with Crippen LogP contribution in [0.2, 0.25) is 0 Å². The van der Waals surface area contributed by atoms with Crippen molar-refractivity contribution < 1.29 is 4.79 Å². The van der Waals surface area contributed by atoms with Gasteiger partial charge in [-0.25, -0.2) is 0 Å². The number of likely N-dealkylation sites (tertiary alicyclic amines) is 1. The number of nitrogens with zero attached hydrogens (tertiary/aromatic N) is 1. The second kappa shape index (κ2) is 8.06. The zero-order valence-corrected chi connectivity index (χ0v) is 14.9. The molecule has 25 heavy (non-hydrogen) atoms.